The quantitative estimate of drug-likeness (QED) is 0.696. The second-order valence-corrected chi connectivity index (χ2v) is 3.53. The molecule has 0 amide bonds. The maximum absolute atomic E-state index is 9.41. The van der Waals surface area contributed by atoms with Gasteiger partial charge in [0.25, 0.3) is 0 Å². The first-order valence-electron chi connectivity index (χ1n) is 3.92. The Kier molecular flexibility index (Phi) is 2.38. The molecule has 1 aromatic rings. The van der Waals surface area contributed by atoms with E-state index in [2.05, 4.69) is 10.3 Å². The van der Waals surface area contributed by atoms with E-state index >= 15 is 0 Å². The van der Waals surface area contributed by atoms with E-state index in [1.54, 1.807) is 20.0 Å². The molecule has 4 nitrogen and oxygen atoms in total. The van der Waals surface area contributed by atoms with E-state index < -0.39 is 5.60 Å². The van der Waals surface area contributed by atoms with Crippen molar-refractivity contribution in [2.24, 2.45) is 7.05 Å². The fraction of sp³-hybridized carbons (Fsp3) is 0.625. The molecule has 2 N–H and O–H groups in total. The van der Waals surface area contributed by atoms with Crippen molar-refractivity contribution in [2.45, 2.75) is 19.4 Å². The van der Waals surface area contributed by atoms with Gasteiger partial charge in [-0.25, -0.2) is 4.98 Å². The van der Waals surface area contributed by atoms with Gasteiger partial charge in [0.1, 0.15) is 0 Å². The van der Waals surface area contributed by atoms with E-state index in [-0.39, 0.29) is 0 Å². The average molecular weight is 169 g/mol. The van der Waals surface area contributed by atoms with Crippen LogP contribution < -0.4 is 5.32 Å². The molecule has 12 heavy (non-hydrogen) atoms. The predicted molar refractivity (Wildman–Crippen MR) is 48.0 cm³/mol. The van der Waals surface area contributed by atoms with Crippen molar-refractivity contribution in [3.8, 4) is 0 Å². The number of hydrogen-bond donors (Lipinski definition) is 2. The summed E-state index contributed by atoms with van der Waals surface area (Å²) in [5.41, 5.74) is -0.702. The van der Waals surface area contributed by atoms with Gasteiger partial charge in [0.15, 0.2) is 0 Å². The van der Waals surface area contributed by atoms with Crippen LogP contribution >= 0.6 is 0 Å². The molecule has 0 spiro atoms. The maximum atomic E-state index is 9.41. The lowest BCUT2D eigenvalue weighted by Crippen LogP contribution is -2.30. The summed E-state index contributed by atoms with van der Waals surface area (Å²) in [5, 5.41) is 12.4. The van der Waals surface area contributed by atoms with Gasteiger partial charge in [0.2, 0.25) is 5.95 Å². The first-order chi connectivity index (χ1) is 5.49. The molecular formula is C8H15N3O. The Labute approximate surface area is 72.2 Å². The van der Waals surface area contributed by atoms with E-state index in [0.717, 1.165) is 5.95 Å². The van der Waals surface area contributed by atoms with Crippen molar-refractivity contribution in [2.75, 3.05) is 11.9 Å². The minimum absolute atomic E-state index is 0.498. The van der Waals surface area contributed by atoms with E-state index in [1.807, 2.05) is 17.8 Å². The van der Waals surface area contributed by atoms with Crippen molar-refractivity contribution in [3.63, 3.8) is 0 Å². The summed E-state index contributed by atoms with van der Waals surface area (Å²) in [6.45, 7) is 4.00. The van der Waals surface area contributed by atoms with E-state index in [1.165, 1.54) is 0 Å². The minimum Gasteiger partial charge on any atom is -0.389 e. The average Bonchev–Trinajstić information content (AvgIpc) is 2.29. The highest BCUT2D eigenvalue weighted by atomic mass is 16.3. The van der Waals surface area contributed by atoms with Gasteiger partial charge in [-0.2, -0.15) is 0 Å². The number of rotatable bonds is 3. The zero-order valence-electron chi connectivity index (χ0n) is 7.70. The Hall–Kier alpha value is -1.03. The SMILES string of the molecule is Cn1ccnc1NCC(C)(C)O. The molecule has 0 aliphatic carbocycles. The summed E-state index contributed by atoms with van der Waals surface area (Å²) in [6.07, 6.45) is 3.57. The fourth-order valence-corrected chi connectivity index (χ4v) is 0.831. The van der Waals surface area contributed by atoms with E-state index in [0.29, 0.717) is 6.54 Å². The van der Waals surface area contributed by atoms with Crippen LogP contribution in [0.1, 0.15) is 13.8 Å². The summed E-state index contributed by atoms with van der Waals surface area (Å²) in [4.78, 5) is 4.06. The van der Waals surface area contributed by atoms with Crippen LogP contribution in [-0.4, -0.2) is 26.8 Å². The number of aliphatic hydroxyl groups is 1. The molecule has 0 radical (unpaired) electrons. The highest BCUT2D eigenvalue weighted by Crippen LogP contribution is 2.05. The molecular weight excluding hydrogens is 154 g/mol. The van der Waals surface area contributed by atoms with Crippen LogP contribution in [0.5, 0.6) is 0 Å². The molecule has 68 valence electrons. The second-order valence-electron chi connectivity index (χ2n) is 3.53. The lowest BCUT2D eigenvalue weighted by atomic mass is 10.1. The minimum atomic E-state index is -0.702. The third-order valence-electron chi connectivity index (χ3n) is 1.50. The van der Waals surface area contributed by atoms with Crippen molar-refractivity contribution >= 4 is 5.95 Å². The van der Waals surface area contributed by atoms with E-state index in [4.69, 9.17) is 0 Å². The molecule has 0 bridgehead atoms. The van der Waals surface area contributed by atoms with Crippen LogP contribution in [0.2, 0.25) is 0 Å². The molecule has 0 aliphatic rings. The normalized spacial score (nSPS) is 11.7. The highest BCUT2D eigenvalue weighted by molar-refractivity contribution is 5.25. The van der Waals surface area contributed by atoms with Crippen molar-refractivity contribution in [1.29, 1.82) is 0 Å². The topological polar surface area (TPSA) is 50.1 Å². The first kappa shape index (κ1) is 9.06. The number of imidazole rings is 1. The number of anilines is 1. The zero-order valence-corrected chi connectivity index (χ0v) is 7.70. The first-order valence-corrected chi connectivity index (χ1v) is 3.92. The van der Waals surface area contributed by atoms with Gasteiger partial charge < -0.3 is 15.0 Å². The van der Waals surface area contributed by atoms with Crippen LogP contribution in [0.25, 0.3) is 0 Å². The molecule has 0 aliphatic heterocycles. The zero-order chi connectivity index (χ0) is 9.19. The summed E-state index contributed by atoms with van der Waals surface area (Å²) in [7, 11) is 1.90. The number of nitrogens with one attached hydrogen (secondary N) is 1. The van der Waals surface area contributed by atoms with Crippen LogP contribution in [-0.2, 0) is 7.05 Å². The number of aryl methyl sites for hydroxylation is 1. The molecule has 0 saturated carbocycles. The van der Waals surface area contributed by atoms with Crippen molar-refractivity contribution < 1.29 is 5.11 Å². The Morgan fingerprint density at radius 1 is 1.67 bits per heavy atom. The summed E-state index contributed by atoms with van der Waals surface area (Å²) >= 11 is 0. The molecule has 0 atom stereocenters. The monoisotopic (exact) mass is 169 g/mol. The summed E-state index contributed by atoms with van der Waals surface area (Å²) < 4.78 is 1.87. The number of hydrogen-bond acceptors (Lipinski definition) is 3. The Morgan fingerprint density at radius 3 is 2.75 bits per heavy atom. The molecule has 1 aromatic heterocycles. The third-order valence-corrected chi connectivity index (χ3v) is 1.50. The molecule has 1 heterocycles. The van der Waals surface area contributed by atoms with Crippen LogP contribution in [0.15, 0.2) is 12.4 Å². The molecule has 1 rings (SSSR count). The van der Waals surface area contributed by atoms with Gasteiger partial charge >= 0.3 is 0 Å². The van der Waals surface area contributed by atoms with Crippen LogP contribution in [0.4, 0.5) is 5.95 Å². The van der Waals surface area contributed by atoms with Crippen molar-refractivity contribution in [1.82, 2.24) is 9.55 Å². The van der Waals surface area contributed by atoms with Gasteiger partial charge in [-0.1, -0.05) is 0 Å². The lowest BCUT2D eigenvalue weighted by molar-refractivity contribution is 0.0943. The van der Waals surface area contributed by atoms with Crippen LogP contribution in [0.3, 0.4) is 0 Å². The fourth-order valence-electron chi connectivity index (χ4n) is 0.831. The van der Waals surface area contributed by atoms with Crippen molar-refractivity contribution in [3.05, 3.63) is 12.4 Å². The molecule has 0 unspecified atom stereocenters. The number of aromatic nitrogens is 2. The van der Waals surface area contributed by atoms with E-state index in [9.17, 15) is 5.11 Å². The smallest absolute Gasteiger partial charge is 0.202 e. The Morgan fingerprint density at radius 2 is 2.33 bits per heavy atom. The highest BCUT2D eigenvalue weighted by Gasteiger charge is 2.12. The van der Waals surface area contributed by atoms with Gasteiger partial charge in [-0.05, 0) is 13.8 Å². The summed E-state index contributed by atoms with van der Waals surface area (Å²) in [6, 6.07) is 0. The second kappa shape index (κ2) is 3.15. The standard InChI is InChI=1S/C8H15N3O/c1-8(2,12)6-10-7-9-4-5-11(7)3/h4-5,12H,6H2,1-3H3,(H,9,10). The maximum Gasteiger partial charge on any atom is 0.202 e. The summed E-state index contributed by atoms with van der Waals surface area (Å²) in [5.74, 6) is 0.775. The third kappa shape index (κ3) is 2.54. The van der Waals surface area contributed by atoms with Gasteiger partial charge in [-0.15, -0.1) is 0 Å². The molecule has 0 saturated heterocycles. The van der Waals surface area contributed by atoms with Gasteiger partial charge in [0.05, 0.1) is 5.60 Å². The lowest BCUT2D eigenvalue weighted by Gasteiger charge is -2.17. The van der Waals surface area contributed by atoms with Gasteiger partial charge in [0, 0.05) is 26.0 Å². The molecule has 4 heteroatoms. The predicted octanol–water partition coefficient (Wildman–Crippen LogP) is 0.603. The Balaban J connectivity index is 2.49. The largest absolute Gasteiger partial charge is 0.389 e. The Bertz CT molecular complexity index is 249. The van der Waals surface area contributed by atoms with Gasteiger partial charge in [-0.3, -0.25) is 0 Å². The van der Waals surface area contributed by atoms with Crippen LogP contribution in [0, 0.1) is 0 Å². The molecule has 0 aromatic carbocycles. The number of nitrogens with zero attached hydrogens (tertiary/aromatic N) is 2. The molecule has 0 fully saturated rings.